The van der Waals surface area contributed by atoms with Gasteiger partial charge in [0.1, 0.15) is 34.2 Å². The van der Waals surface area contributed by atoms with E-state index >= 15 is 0 Å². The Hall–Kier alpha value is -4.61. The molecular weight excluding hydrogens is 783 g/mol. The zero-order chi connectivity index (χ0) is 44.0. The highest BCUT2D eigenvalue weighted by molar-refractivity contribution is 7.14. The van der Waals surface area contributed by atoms with Gasteiger partial charge in [0.25, 0.3) is 11.8 Å². The topological polar surface area (TPSA) is 184 Å². The Morgan fingerprint density at radius 3 is 2.02 bits per heavy atom. The van der Waals surface area contributed by atoms with Crippen molar-refractivity contribution in [2.75, 3.05) is 18.1 Å². The number of anilines is 1. The van der Waals surface area contributed by atoms with E-state index in [4.69, 9.17) is 23.8 Å². The van der Waals surface area contributed by atoms with Gasteiger partial charge in [-0.1, -0.05) is 56.7 Å². The van der Waals surface area contributed by atoms with Gasteiger partial charge in [0, 0.05) is 11.6 Å². The number of benzene rings is 1. The van der Waals surface area contributed by atoms with Crippen molar-refractivity contribution in [2.24, 2.45) is 5.16 Å². The van der Waals surface area contributed by atoms with Crippen LogP contribution < -0.4 is 10.6 Å². The van der Waals surface area contributed by atoms with Crippen LogP contribution in [0.5, 0.6) is 0 Å². The minimum Gasteiger partial charge on any atom is -0.457 e. The van der Waals surface area contributed by atoms with Crippen LogP contribution >= 0.6 is 11.3 Å². The molecule has 3 rings (SSSR count). The molecule has 58 heavy (non-hydrogen) atoms. The number of thiazole rings is 1. The van der Waals surface area contributed by atoms with E-state index in [2.05, 4.69) is 48.1 Å². The van der Waals surface area contributed by atoms with Gasteiger partial charge in [-0.3, -0.25) is 14.9 Å². The first-order chi connectivity index (χ1) is 26.4. The monoisotopic (exact) mass is 843 g/mol. The van der Waals surface area contributed by atoms with Crippen molar-refractivity contribution in [1.82, 2.24) is 15.2 Å². The predicted octanol–water partition coefficient (Wildman–Crippen LogP) is 6.75. The van der Waals surface area contributed by atoms with Gasteiger partial charge in [-0.2, -0.15) is 0 Å². The summed E-state index contributed by atoms with van der Waals surface area (Å²) in [5.41, 5.74) is -2.89. The molecule has 0 aliphatic carbocycles. The number of carbonyl (C=O) groups is 5. The molecule has 0 spiro atoms. The van der Waals surface area contributed by atoms with E-state index < -0.39 is 72.8 Å². The summed E-state index contributed by atoms with van der Waals surface area (Å²) in [5, 5.41) is 11.0. The van der Waals surface area contributed by atoms with E-state index in [0.717, 1.165) is 23.1 Å². The Kier molecular flexibility index (Phi) is 15.3. The fourth-order valence-corrected chi connectivity index (χ4v) is 6.31. The highest BCUT2D eigenvalue weighted by atomic mass is 32.1. The van der Waals surface area contributed by atoms with E-state index in [1.54, 1.807) is 68.4 Å². The molecule has 1 aromatic carbocycles. The molecule has 1 aromatic heterocycles. The van der Waals surface area contributed by atoms with E-state index in [1.165, 1.54) is 24.1 Å². The first-order valence-corrected chi connectivity index (χ1v) is 22.6. The molecule has 1 aliphatic heterocycles. The van der Waals surface area contributed by atoms with Gasteiger partial charge in [-0.25, -0.2) is 19.4 Å². The van der Waals surface area contributed by atoms with Gasteiger partial charge in [0.05, 0.1) is 21.9 Å². The standard InChI is InChI=1S/C41H61N5O10SSi/c1-37(2,3)53-33(49)29(20-25-16-18-26(19-17-25)22-52-24-58(15)40(10,11)12)46-21-27(32(46)48)42-31(47)30(45-56-41(13,14)34(50)54-38(4,5)6)28-23-57-35(43-28)44-36(51)55-39(7,8)9/h16-20,23,27,58H,21-22,24H2,1-15H3,(H,42,47)(H,43,44,51)/b29-20+,45-30-/t27-,58?/m0/s1. The van der Waals surface area contributed by atoms with E-state index in [9.17, 15) is 24.0 Å². The molecule has 0 radical (unpaired) electrons. The molecule has 1 aliphatic rings. The smallest absolute Gasteiger partial charge is 0.413 e. The summed E-state index contributed by atoms with van der Waals surface area (Å²) in [5.74, 6) is -2.90. The maximum atomic E-state index is 13.8. The van der Waals surface area contributed by atoms with Crippen molar-refractivity contribution < 1.29 is 47.8 Å². The highest BCUT2D eigenvalue weighted by Crippen LogP contribution is 2.28. The molecule has 2 heterocycles. The second-order valence-corrected chi connectivity index (χ2v) is 23.5. The summed E-state index contributed by atoms with van der Waals surface area (Å²) in [7, 11) is -1.07. The first-order valence-electron chi connectivity index (χ1n) is 19.1. The second kappa shape index (κ2) is 18.5. The average molecular weight is 844 g/mol. The molecule has 0 saturated carbocycles. The number of esters is 2. The van der Waals surface area contributed by atoms with Crippen LogP contribution in [-0.2, 0) is 49.6 Å². The van der Waals surface area contributed by atoms with Crippen molar-refractivity contribution in [3.63, 3.8) is 0 Å². The van der Waals surface area contributed by atoms with Gasteiger partial charge < -0.3 is 34.0 Å². The molecule has 3 amide bonds. The zero-order valence-corrected chi connectivity index (χ0v) is 38.5. The van der Waals surface area contributed by atoms with Gasteiger partial charge in [0.2, 0.25) is 5.60 Å². The van der Waals surface area contributed by atoms with Crippen LogP contribution in [0.3, 0.4) is 0 Å². The van der Waals surface area contributed by atoms with Crippen LogP contribution in [0.15, 0.2) is 40.5 Å². The maximum absolute atomic E-state index is 13.8. The van der Waals surface area contributed by atoms with Gasteiger partial charge in [-0.15, -0.1) is 11.3 Å². The molecule has 1 saturated heterocycles. The number of ether oxygens (including phenoxy) is 4. The fraction of sp³-hybridized carbons (Fsp3) is 0.585. The largest absolute Gasteiger partial charge is 0.457 e. The third kappa shape index (κ3) is 15.0. The number of nitrogens with one attached hydrogen (secondary N) is 2. The van der Waals surface area contributed by atoms with Gasteiger partial charge >= 0.3 is 18.0 Å². The molecule has 320 valence electrons. The lowest BCUT2D eigenvalue weighted by Crippen LogP contribution is -2.64. The first kappa shape index (κ1) is 47.8. The second-order valence-electron chi connectivity index (χ2n) is 18.7. The molecule has 1 unspecified atom stereocenters. The lowest BCUT2D eigenvalue weighted by molar-refractivity contribution is -0.179. The molecular formula is C41H61N5O10SSi. The highest BCUT2D eigenvalue weighted by Gasteiger charge is 2.44. The summed E-state index contributed by atoms with van der Waals surface area (Å²) in [6, 6.07) is 6.40. The van der Waals surface area contributed by atoms with Crippen LogP contribution in [-0.4, -0.2) is 95.5 Å². The third-order valence-electron chi connectivity index (χ3n) is 8.36. The molecule has 0 bridgehead atoms. The zero-order valence-electron chi connectivity index (χ0n) is 36.6. The number of aromatic nitrogens is 1. The van der Waals surface area contributed by atoms with Crippen molar-refractivity contribution in [3.05, 3.63) is 52.2 Å². The van der Waals surface area contributed by atoms with E-state index in [0.29, 0.717) is 12.2 Å². The van der Waals surface area contributed by atoms with Gasteiger partial charge in [0.15, 0.2) is 10.8 Å². The van der Waals surface area contributed by atoms with Crippen molar-refractivity contribution in [3.8, 4) is 0 Å². The Labute approximate surface area is 347 Å². The predicted molar refractivity (Wildman–Crippen MR) is 226 cm³/mol. The van der Waals surface area contributed by atoms with Crippen molar-refractivity contribution in [1.29, 1.82) is 0 Å². The summed E-state index contributed by atoms with van der Waals surface area (Å²) in [6.45, 7) is 27.6. The number of hydrogen-bond donors (Lipinski definition) is 2. The van der Waals surface area contributed by atoms with Crippen LogP contribution in [0.4, 0.5) is 9.93 Å². The molecule has 1 fully saturated rings. The number of carbonyl (C=O) groups excluding carboxylic acids is 5. The van der Waals surface area contributed by atoms with E-state index in [1.807, 2.05) is 24.3 Å². The molecule has 2 N–H and O–H groups in total. The Balaban J connectivity index is 1.85. The van der Waals surface area contributed by atoms with E-state index in [-0.39, 0.29) is 28.1 Å². The maximum Gasteiger partial charge on any atom is 0.413 e. The number of likely N-dealkylation sites (tertiary alicyclic amines) is 1. The van der Waals surface area contributed by atoms with Crippen molar-refractivity contribution >= 4 is 66.9 Å². The number of amides is 3. The Morgan fingerprint density at radius 2 is 1.48 bits per heavy atom. The summed E-state index contributed by atoms with van der Waals surface area (Å²) >= 11 is 0.985. The number of β-lactam (4-membered cyclic amide) rings is 1. The quantitative estimate of drug-likeness (QED) is 0.0390. The SMILES string of the molecule is C[SiH](COCc1ccc(/C=C(\C(=O)OC(C)(C)C)N2C[C@H](NC(=O)/C(=N\OC(C)(C)C(=O)OC(C)(C)C)c3csc(NC(=O)OC(C)(C)C)n3)C2=O)cc1)C(C)(C)C. The Bertz CT molecular complexity index is 1880. The number of rotatable bonds is 14. The number of hydrogen-bond acceptors (Lipinski definition) is 13. The lowest BCUT2D eigenvalue weighted by Gasteiger charge is -2.39. The minimum atomic E-state index is -1.64. The third-order valence-corrected chi connectivity index (χ3v) is 12.8. The molecule has 17 heteroatoms. The minimum absolute atomic E-state index is 0.00637. The summed E-state index contributed by atoms with van der Waals surface area (Å²) in [4.78, 5) is 77.4. The number of nitrogens with zero attached hydrogens (tertiary/aromatic N) is 3. The van der Waals surface area contributed by atoms with Crippen LogP contribution in [0.1, 0.15) is 114 Å². The number of oxime groups is 1. The fourth-order valence-electron chi connectivity index (χ4n) is 4.66. The lowest BCUT2D eigenvalue weighted by atomic mass is 10.0. The average Bonchev–Trinajstić information content (AvgIpc) is 3.50. The normalized spacial score (nSPS) is 16.2. The molecule has 2 aromatic rings. The summed E-state index contributed by atoms with van der Waals surface area (Å²) in [6.07, 6.45) is 1.56. The molecule has 2 atom stereocenters. The Morgan fingerprint density at radius 1 is 0.897 bits per heavy atom. The van der Waals surface area contributed by atoms with Crippen molar-refractivity contribution in [2.45, 2.75) is 144 Å². The van der Waals surface area contributed by atoms with Gasteiger partial charge in [-0.05, 0) is 98.4 Å². The van der Waals surface area contributed by atoms with Crippen LogP contribution in [0.25, 0.3) is 6.08 Å². The van der Waals surface area contributed by atoms with Crippen LogP contribution in [0.2, 0.25) is 11.6 Å². The summed E-state index contributed by atoms with van der Waals surface area (Å²) < 4.78 is 22.4. The molecule has 15 nitrogen and oxygen atoms in total. The van der Waals surface area contributed by atoms with Crippen LogP contribution in [0, 0.1) is 0 Å².